The van der Waals surface area contributed by atoms with E-state index in [1.165, 1.54) is 12.0 Å². The van der Waals surface area contributed by atoms with E-state index in [1.807, 2.05) is 50.2 Å². The molecule has 1 saturated heterocycles. The Morgan fingerprint density at radius 2 is 1.69 bits per heavy atom. The molecule has 4 rings (SSSR count). The molecule has 3 aromatic carbocycles. The molecular formula is C26H22BrNO4. The van der Waals surface area contributed by atoms with Crippen molar-refractivity contribution in [3.05, 3.63) is 99.0 Å². The van der Waals surface area contributed by atoms with Gasteiger partial charge in [-0.25, -0.2) is 0 Å². The van der Waals surface area contributed by atoms with Gasteiger partial charge in [-0.2, -0.15) is 0 Å². The number of carbonyl (C=O) groups excluding carboxylic acids is 2. The summed E-state index contributed by atoms with van der Waals surface area (Å²) in [6, 6.07) is 19.1. The quantitative estimate of drug-likeness (QED) is 0.288. The van der Waals surface area contributed by atoms with E-state index >= 15 is 0 Å². The van der Waals surface area contributed by atoms with E-state index < -0.39 is 17.7 Å². The molecule has 5 nitrogen and oxygen atoms in total. The maximum Gasteiger partial charge on any atom is 0.300 e. The fourth-order valence-corrected chi connectivity index (χ4v) is 4.27. The zero-order chi connectivity index (χ0) is 23.0. The van der Waals surface area contributed by atoms with Crippen LogP contribution < -0.4 is 9.64 Å². The van der Waals surface area contributed by atoms with Crippen molar-refractivity contribution >= 4 is 39.1 Å². The molecule has 32 heavy (non-hydrogen) atoms. The van der Waals surface area contributed by atoms with Gasteiger partial charge in [0.25, 0.3) is 11.7 Å². The largest absolute Gasteiger partial charge is 0.507 e. The van der Waals surface area contributed by atoms with E-state index in [0.29, 0.717) is 22.6 Å². The van der Waals surface area contributed by atoms with E-state index in [9.17, 15) is 14.7 Å². The number of methoxy groups -OCH3 is 1. The minimum absolute atomic E-state index is 0.0303. The third kappa shape index (κ3) is 3.71. The fraction of sp³-hybridized carbons (Fsp3) is 0.154. The summed E-state index contributed by atoms with van der Waals surface area (Å²) >= 11 is 3.38. The van der Waals surface area contributed by atoms with Gasteiger partial charge in [0, 0.05) is 21.3 Å². The zero-order valence-electron chi connectivity index (χ0n) is 17.9. The van der Waals surface area contributed by atoms with Crippen molar-refractivity contribution in [2.75, 3.05) is 12.0 Å². The summed E-state index contributed by atoms with van der Waals surface area (Å²) in [4.78, 5) is 28.1. The van der Waals surface area contributed by atoms with Gasteiger partial charge in [-0.1, -0.05) is 58.4 Å². The van der Waals surface area contributed by atoms with Gasteiger partial charge >= 0.3 is 0 Å². The lowest BCUT2D eigenvalue weighted by atomic mass is 9.94. The standard InChI is InChI=1S/C26H22BrNO4/c1-15-8-9-16(2)20(14-15)28-23(19-6-4-5-7-21(19)32-3)22(25(30)26(28)31)24(29)17-10-12-18(27)13-11-17/h4-14,23,29H,1-3H3/b24-22+. The molecule has 1 N–H and O–H groups in total. The molecule has 1 heterocycles. The topological polar surface area (TPSA) is 66.8 Å². The Hall–Kier alpha value is -3.38. The zero-order valence-corrected chi connectivity index (χ0v) is 19.5. The number of anilines is 1. The number of hydrogen-bond acceptors (Lipinski definition) is 4. The molecule has 0 aromatic heterocycles. The molecule has 1 amide bonds. The second kappa shape index (κ2) is 8.63. The molecule has 0 radical (unpaired) electrons. The average Bonchev–Trinajstić information content (AvgIpc) is 3.05. The summed E-state index contributed by atoms with van der Waals surface area (Å²) in [6.07, 6.45) is 0. The Labute approximate surface area is 195 Å². The number of Topliss-reactive ketones (excluding diaryl/α,β-unsaturated/α-hetero) is 1. The lowest BCUT2D eigenvalue weighted by Gasteiger charge is -2.28. The van der Waals surface area contributed by atoms with Crippen molar-refractivity contribution in [1.82, 2.24) is 0 Å². The number of ether oxygens (including phenoxy) is 1. The van der Waals surface area contributed by atoms with E-state index in [2.05, 4.69) is 15.9 Å². The molecule has 1 unspecified atom stereocenters. The lowest BCUT2D eigenvalue weighted by Crippen LogP contribution is -2.30. The molecule has 0 aliphatic carbocycles. The highest BCUT2D eigenvalue weighted by atomic mass is 79.9. The van der Waals surface area contributed by atoms with Crippen LogP contribution in [-0.4, -0.2) is 23.9 Å². The van der Waals surface area contributed by atoms with E-state index in [1.54, 1.807) is 30.3 Å². The monoisotopic (exact) mass is 491 g/mol. The molecule has 6 heteroatoms. The predicted molar refractivity (Wildman–Crippen MR) is 128 cm³/mol. The summed E-state index contributed by atoms with van der Waals surface area (Å²) in [6.45, 7) is 3.82. The molecular weight excluding hydrogens is 470 g/mol. The van der Waals surface area contributed by atoms with Crippen LogP contribution in [0.5, 0.6) is 5.75 Å². The second-order valence-corrected chi connectivity index (χ2v) is 8.62. The van der Waals surface area contributed by atoms with Crippen LogP contribution in [0.3, 0.4) is 0 Å². The maximum atomic E-state index is 13.3. The molecule has 1 aliphatic rings. The van der Waals surface area contributed by atoms with Crippen LogP contribution in [0.4, 0.5) is 5.69 Å². The van der Waals surface area contributed by atoms with Gasteiger partial charge in [0.2, 0.25) is 0 Å². The summed E-state index contributed by atoms with van der Waals surface area (Å²) in [5.74, 6) is -1.12. The molecule has 1 fully saturated rings. The Kier molecular flexibility index (Phi) is 5.89. The number of amides is 1. The number of benzene rings is 3. The van der Waals surface area contributed by atoms with Gasteiger partial charge in [0.05, 0.1) is 18.7 Å². The van der Waals surface area contributed by atoms with Crippen LogP contribution in [0, 0.1) is 13.8 Å². The van der Waals surface area contributed by atoms with Crippen molar-refractivity contribution < 1.29 is 19.4 Å². The molecule has 0 spiro atoms. The van der Waals surface area contributed by atoms with Gasteiger partial charge < -0.3 is 9.84 Å². The Bertz CT molecular complexity index is 1250. The summed E-state index contributed by atoms with van der Waals surface area (Å²) in [5.41, 5.74) is 3.53. The number of halogens is 1. The highest BCUT2D eigenvalue weighted by Gasteiger charge is 2.48. The molecule has 1 atom stereocenters. The van der Waals surface area contributed by atoms with Gasteiger partial charge in [0.15, 0.2) is 0 Å². The van der Waals surface area contributed by atoms with Gasteiger partial charge in [-0.3, -0.25) is 14.5 Å². The normalized spacial score (nSPS) is 17.6. The first-order valence-electron chi connectivity index (χ1n) is 10.1. The number of aliphatic hydroxyl groups is 1. The third-order valence-electron chi connectivity index (χ3n) is 5.62. The van der Waals surface area contributed by atoms with Crippen molar-refractivity contribution in [2.45, 2.75) is 19.9 Å². The van der Waals surface area contributed by atoms with Crippen LogP contribution in [0.1, 0.15) is 28.3 Å². The number of para-hydroxylation sites is 1. The summed E-state index contributed by atoms with van der Waals surface area (Å²) < 4.78 is 6.40. The second-order valence-electron chi connectivity index (χ2n) is 7.71. The first-order chi connectivity index (χ1) is 15.3. The number of carbonyl (C=O) groups is 2. The number of rotatable bonds is 4. The van der Waals surface area contributed by atoms with E-state index in [-0.39, 0.29) is 11.3 Å². The first kappa shape index (κ1) is 21.8. The van der Waals surface area contributed by atoms with E-state index in [4.69, 9.17) is 4.74 Å². The van der Waals surface area contributed by atoms with Gasteiger partial charge in [0.1, 0.15) is 11.5 Å². The average molecular weight is 492 g/mol. The minimum atomic E-state index is -0.838. The first-order valence-corrected chi connectivity index (χ1v) is 10.9. The number of nitrogens with zero attached hydrogens (tertiary/aromatic N) is 1. The van der Waals surface area contributed by atoms with Crippen molar-refractivity contribution in [3.63, 3.8) is 0 Å². The Balaban J connectivity index is 2.02. The van der Waals surface area contributed by atoms with Gasteiger partial charge in [-0.05, 0) is 49.2 Å². The third-order valence-corrected chi connectivity index (χ3v) is 6.15. The van der Waals surface area contributed by atoms with Crippen LogP contribution in [-0.2, 0) is 9.59 Å². The van der Waals surface area contributed by atoms with Crippen molar-refractivity contribution in [2.24, 2.45) is 0 Å². The highest BCUT2D eigenvalue weighted by Crippen LogP contribution is 2.45. The van der Waals surface area contributed by atoms with Crippen LogP contribution in [0.2, 0.25) is 0 Å². The number of aliphatic hydroxyl groups excluding tert-OH is 1. The molecule has 1 aliphatic heterocycles. The maximum absolute atomic E-state index is 13.3. The lowest BCUT2D eigenvalue weighted by molar-refractivity contribution is -0.132. The SMILES string of the molecule is COc1ccccc1C1/C(=C(\O)c2ccc(Br)cc2)C(=O)C(=O)N1c1cc(C)ccc1C. The number of aryl methyl sites for hydroxylation is 2. The smallest absolute Gasteiger partial charge is 0.300 e. The molecule has 0 saturated carbocycles. The van der Waals surface area contributed by atoms with Crippen LogP contribution >= 0.6 is 15.9 Å². The predicted octanol–water partition coefficient (Wildman–Crippen LogP) is 5.70. The van der Waals surface area contributed by atoms with Crippen LogP contribution in [0.25, 0.3) is 5.76 Å². The summed E-state index contributed by atoms with van der Waals surface area (Å²) in [7, 11) is 1.54. The van der Waals surface area contributed by atoms with Gasteiger partial charge in [-0.15, -0.1) is 0 Å². The molecule has 162 valence electrons. The minimum Gasteiger partial charge on any atom is -0.507 e. The van der Waals surface area contributed by atoms with E-state index in [0.717, 1.165) is 15.6 Å². The Morgan fingerprint density at radius 3 is 2.38 bits per heavy atom. The summed E-state index contributed by atoms with van der Waals surface area (Å²) in [5, 5.41) is 11.2. The van der Waals surface area contributed by atoms with Crippen molar-refractivity contribution in [3.8, 4) is 5.75 Å². The number of hydrogen-bond donors (Lipinski definition) is 1. The Morgan fingerprint density at radius 1 is 1.00 bits per heavy atom. The molecule has 3 aromatic rings. The number of ketones is 1. The molecule has 0 bridgehead atoms. The fourth-order valence-electron chi connectivity index (χ4n) is 4.01. The highest BCUT2D eigenvalue weighted by molar-refractivity contribution is 9.10. The van der Waals surface area contributed by atoms with Crippen molar-refractivity contribution in [1.29, 1.82) is 0 Å². The van der Waals surface area contributed by atoms with Crippen LogP contribution in [0.15, 0.2) is 76.8 Å².